The van der Waals surface area contributed by atoms with Crippen LogP contribution in [0.1, 0.15) is 26.2 Å². The molecule has 0 spiro atoms. The Morgan fingerprint density at radius 1 is 1.38 bits per heavy atom. The van der Waals surface area contributed by atoms with Crippen LogP contribution in [0.4, 0.5) is 5.82 Å². The highest BCUT2D eigenvalue weighted by atomic mass is 79.9. The summed E-state index contributed by atoms with van der Waals surface area (Å²) < 4.78 is 1.03. The quantitative estimate of drug-likeness (QED) is 0.720. The fourth-order valence-electron chi connectivity index (χ4n) is 3.54. The summed E-state index contributed by atoms with van der Waals surface area (Å²) in [5.41, 5.74) is 1.88. The average Bonchev–Trinajstić information content (AvgIpc) is 2.83. The zero-order valence-corrected chi connectivity index (χ0v) is 15.1. The molecule has 0 saturated carbocycles. The first-order valence-corrected chi connectivity index (χ1v) is 9.13. The standard InChI is InChI=1S/C18H19BrN4O/c1-2-11-7-13(24)5-6-23(9-11)18-16-14-4-3-12(19)8-15(14)22-17(16)20-10-21-18/h3-4,8,10-11H,2,5-7,9H2,1H3,(H,20,21,22). The molecule has 1 unspecified atom stereocenters. The second-order valence-corrected chi connectivity index (χ2v) is 7.36. The molecule has 3 heterocycles. The van der Waals surface area contributed by atoms with Crippen LogP contribution in [0.25, 0.3) is 21.9 Å². The van der Waals surface area contributed by atoms with Gasteiger partial charge in [-0.05, 0) is 18.1 Å². The zero-order valence-electron chi connectivity index (χ0n) is 13.6. The predicted octanol–water partition coefficient (Wildman–Crippen LogP) is 4.07. The normalized spacial score (nSPS) is 19.2. The summed E-state index contributed by atoms with van der Waals surface area (Å²) in [4.78, 5) is 26.6. The van der Waals surface area contributed by atoms with E-state index in [1.54, 1.807) is 6.33 Å². The number of benzene rings is 1. The molecule has 0 bridgehead atoms. The number of anilines is 1. The van der Waals surface area contributed by atoms with Gasteiger partial charge in [0.05, 0.1) is 5.39 Å². The van der Waals surface area contributed by atoms with Crippen molar-refractivity contribution < 1.29 is 4.79 Å². The van der Waals surface area contributed by atoms with Crippen molar-refractivity contribution in [2.75, 3.05) is 18.0 Å². The lowest BCUT2D eigenvalue weighted by Crippen LogP contribution is -2.29. The molecule has 1 aliphatic rings. The molecule has 1 atom stereocenters. The van der Waals surface area contributed by atoms with E-state index in [1.807, 2.05) is 6.07 Å². The van der Waals surface area contributed by atoms with Crippen LogP contribution in [-0.4, -0.2) is 33.8 Å². The monoisotopic (exact) mass is 386 g/mol. The first-order chi connectivity index (χ1) is 11.7. The summed E-state index contributed by atoms with van der Waals surface area (Å²) >= 11 is 3.51. The van der Waals surface area contributed by atoms with Gasteiger partial charge in [0.25, 0.3) is 0 Å². The molecule has 24 heavy (non-hydrogen) atoms. The lowest BCUT2D eigenvalue weighted by molar-refractivity contribution is -0.119. The number of aromatic amines is 1. The number of fused-ring (bicyclic) bond motifs is 3. The molecule has 3 aromatic rings. The maximum Gasteiger partial charge on any atom is 0.143 e. The van der Waals surface area contributed by atoms with E-state index in [4.69, 9.17) is 0 Å². The minimum Gasteiger partial charge on any atom is -0.355 e. The van der Waals surface area contributed by atoms with Crippen LogP contribution in [0.15, 0.2) is 29.0 Å². The van der Waals surface area contributed by atoms with Gasteiger partial charge in [0.15, 0.2) is 0 Å². The van der Waals surface area contributed by atoms with Crippen LogP contribution >= 0.6 is 15.9 Å². The highest BCUT2D eigenvalue weighted by Gasteiger charge is 2.24. The van der Waals surface area contributed by atoms with E-state index in [1.165, 1.54) is 0 Å². The van der Waals surface area contributed by atoms with Crippen LogP contribution in [0.5, 0.6) is 0 Å². The molecule has 1 N–H and O–H groups in total. The van der Waals surface area contributed by atoms with Gasteiger partial charge >= 0.3 is 0 Å². The molecule has 1 aromatic carbocycles. The number of hydrogen-bond donors (Lipinski definition) is 1. The SMILES string of the molecule is CCC1CC(=O)CCN(c2ncnc3[nH]c4cc(Br)ccc4c23)C1. The molecule has 1 fully saturated rings. The van der Waals surface area contributed by atoms with Crippen molar-refractivity contribution in [2.24, 2.45) is 5.92 Å². The number of carbonyl (C=O) groups is 1. The second-order valence-electron chi connectivity index (χ2n) is 6.45. The van der Waals surface area contributed by atoms with Gasteiger partial charge in [-0.25, -0.2) is 9.97 Å². The third kappa shape index (κ3) is 2.69. The highest BCUT2D eigenvalue weighted by Crippen LogP contribution is 2.33. The molecule has 6 heteroatoms. The Hall–Kier alpha value is -1.95. The summed E-state index contributed by atoms with van der Waals surface area (Å²) in [5, 5.41) is 2.16. The van der Waals surface area contributed by atoms with Gasteiger partial charge in [0, 0.05) is 41.3 Å². The lowest BCUT2D eigenvalue weighted by Gasteiger charge is -2.25. The minimum atomic E-state index is 0.359. The second kappa shape index (κ2) is 6.16. The fourth-order valence-corrected chi connectivity index (χ4v) is 3.90. The molecule has 5 nitrogen and oxygen atoms in total. The van der Waals surface area contributed by atoms with E-state index in [0.29, 0.717) is 24.5 Å². The van der Waals surface area contributed by atoms with Crippen molar-refractivity contribution in [3.63, 3.8) is 0 Å². The molecule has 2 aromatic heterocycles. The Morgan fingerprint density at radius 2 is 2.25 bits per heavy atom. The third-order valence-corrected chi connectivity index (χ3v) is 5.36. The Bertz CT molecular complexity index is 920. The number of carbonyl (C=O) groups excluding carboxylic acids is 1. The van der Waals surface area contributed by atoms with Crippen molar-refractivity contribution in [1.82, 2.24) is 15.0 Å². The van der Waals surface area contributed by atoms with E-state index in [-0.39, 0.29) is 0 Å². The fraction of sp³-hybridized carbons (Fsp3) is 0.389. The van der Waals surface area contributed by atoms with E-state index < -0.39 is 0 Å². The smallest absolute Gasteiger partial charge is 0.143 e. The first-order valence-electron chi connectivity index (χ1n) is 8.34. The van der Waals surface area contributed by atoms with Gasteiger partial charge in [0.1, 0.15) is 23.6 Å². The number of H-pyrrole nitrogens is 1. The summed E-state index contributed by atoms with van der Waals surface area (Å²) in [7, 11) is 0. The van der Waals surface area contributed by atoms with Gasteiger partial charge < -0.3 is 9.88 Å². The number of aromatic nitrogens is 3. The molecule has 0 radical (unpaired) electrons. The van der Waals surface area contributed by atoms with E-state index in [0.717, 1.165) is 51.7 Å². The third-order valence-electron chi connectivity index (χ3n) is 4.86. The molecule has 0 amide bonds. The Kier molecular flexibility index (Phi) is 4.00. The Labute approximate surface area is 148 Å². The van der Waals surface area contributed by atoms with Gasteiger partial charge in [-0.2, -0.15) is 0 Å². The number of nitrogens with one attached hydrogen (secondary N) is 1. The van der Waals surface area contributed by atoms with Crippen molar-refractivity contribution in [3.8, 4) is 0 Å². The summed E-state index contributed by atoms with van der Waals surface area (Å²) in [6, 6.07) is 6.18. The largest absolute Gasteiger partial charge is 0.355 e. The Morgan fingerprint density at radius 3 is 3.08 bits per heavy atom. The lowest BCUT2D eigenvalue weighted by atomic mass is 10.00. The van der Waals surface area contributed by atoms with Gasteiger partial charge in [-0.3, -0.25) is 4.79 Å². The van der Waals surface area contributed by atoms with Gasteiger partial charge in [-0.1, -0.05) is 35.3 Å². The first kappa shape index (κ1) is 15.6. The van der Waals surface area contributed by atoms with Gasteiger partial charge in [-0.15, -0.1) is 0 Å². The molecule has 1 saturated heterocycles. The van der Waals surface area contributed by atoms with Crippen LogP contribution in [0.3, 0.4) is 0 Å². The molecule has 124 valence electrons. The molecular formula is C18H19BrN4O. The maximum absolute atomic E-state index is 12.0. The van der Waals surface area contributed by atoms with Crippen molar-refractivity contribution >= 4 is 49.5 Å². The Balaban J connectivity index is 1.86. The minimum absolute atomic E-state index is 0.359. The van der Waals surface area contributed by atoms with E-state index >= 15 is 0 Å². The molecular weight excluding hydrogens is 368 g/mol. The van der Waals surface area contributed by atoms with E-state index in [9.17, 15) is 4.79 Å². The van der Waals surface area contributed by atoms with E-state index in [2.05, 4.69) is 54.8 Å². The highest BCUT2D eigenvalue weighted by molar-refractivity contribution is 9.10. The number of halogens is 1. The summed E-state index contributed by atoms with van der Waals surface area (Å²) in [6.45, 7) is 3.75. The summed E-state index contributed by atoms with van der Waals surface area (Å²) in [5.74, 6) is 1.68. The number of hydrogen-bond acceptors (Lipinski definition) is 4. The van der Waals surface area contributed by atoms with Crippen molar-refractivity contribution in [2.45, 2.75) is 26.2 Å². The van der Waals surface area contributed by atoms with Gasteiger partial charge in [0.2, 0.25) is 0 Å². The van der Waals surface area contributed by atoms with Crippen LogP contribution in [-0.2, 0) is 4.79 Å². The molecule has 4 rings (SSSR count). The molecule has 0 aliphatic carbocycles. The number of nitrogens with zero attached hydrogens (tertiary/aromatic N) is 3. The van der Waals surface area contributed by atoms with Crippen molar-refractivity contribution in [1.29, 1.82) is 0 Å². The zero-order chi connectivity index (χ0) is 16.7. The average molecular weight is 387 g/mol. The van der Waals surface area contributed by atoms with Crippen LogP contribution in [0.2, 0.25) is 0 Å². The van der Waals surface area contributed by atoms with Crippen LogP contribution < -0.4 is 4.90 Å². The topological polar surface area (TPSA) is 61.9 Å². The predicted molar refractivity (Wildman–Crippen MR) is 99.3 cm³/mol. The summed E-state index contributed by atoms with van der Waals surface area (Å²) in [6.07, 6.45) is 3.89. The van der Waals surface area contributed by atoms with Crippen molar-refractivity contribution in [3.05, 3.63) is 29.0 Å². The number of rotatable bonds is 2. The maximum atomic E-state index is 12.0. The number of Topliss-reactive ketones (excluding diaryl/α,β-unsaturated/α-hetero) is 1. The molecule has 1 aliphatic heterocycles. The van der Waals surface area contributed by atoms with Crippen LogP contribution in [0, 0.1) is 5.92 Å². The number of ketones is 1.